The second kappa shape index (κ2) is 6.96. The Kier molecular flexibility index (Phi) is 5.90. The van der Waals surface area contributed by atoms with Gasteiger partial charge in [0.2, 0.25) is 0 Å². The van der Waals surface area contributed by atoms with E-state index in [-0.39, 0.29) is 6.04 Å². The maximum atomic E-state index is 5.96. The van der Waals surface area contributed by atoms with Gasteiger partial charge < -0.3 is 5.32 Å². The molecule has 1 nitrogen and oxygen atoms in total. The van der Waals surface area contributed by atoms with Crippen molar-refractivity contribution in [2.24, 2.45) is 0 Å². The average molecular weight is 301 g/mol. The lowest BCUT2D eigenvalue weighted by Gasteiger charge is -2.17. The third-order valence-electron chi connectivity index (χ3n) is 2.31. The molecule has 0 heterocycles. The minimum Gasteiger partial charge on any atom is -0.309 e. The smallest absolute Gasteiger partial charge is 0.0548 e. The van der Waals surface area contributed by atoms with Crippen molar-refractivity contribution in [3.05, 3.63) is 33.3 Å². The standard InChI is InChI=1S/C13H15BrClN/c1-3-5-13(16-8-4-2)10-6-7-12(15)11(14)9-10/h1,6-7,9,13,16H,4-5,8H2,2H3. The molecular formula is C13H15BrClN. The van der Waals surface area contributed by atoms with Crippen LogP contribution in [-0.2, 0) is 0 Å². The van der Waals surface area contributed by atoms with Crippen molar-refractivity contribution in [3.8, 4) is 12.3 Å². The molecule has 1 rings (SSSR count). The summed E-state index contributed by atoms with van der Waals surface area (Å²) < 4.78 is 0.909. The molecule has 0 radical (unpaired) electrons. The quantitative estimate of drug-likeness (QED) is 0.805. The predicted octanol–water partition coefficient (Wildman–Crippen LogP) is 4.17. The van der Waals surface area contributed by atoms with Crippen molar-refractivity contribution in [2.45, 2.75) is 25.8 Å². The summed E-state index contributed by atoms with van der Waals surface area (Å²) in [4.78, 5) is 0. The van der Waals surface area contributed by atoms with E-state index in [2.05, 4.69) is 34.1 Å². The van der Waals surface area contributed by atoms with E-state index in [1.54, 1.807) is 0 Å². The number of halogens is 2. The fourth-order valence-electron chi connectivity index (χ4n) is 1.47. The first-order chi connectivity index (χ1) is 7.69. The van der Waals surface area contributed by atoms with Gasteiger partial charge >= 0.3 is 0 Å². The van der Waals surface area contributed by atoms with Crippen LogP contribution in [0.5, 0.6) is 0 Å². The zero-order valence-electron chi connectivity index (χ0n) is 9.26. The third kappa shape index (κ3) is 3.83. The lowest BCUT2D eigenvalue weighted by atomic mass is 10.0. The van der Waals surface area contributed by atoms with Crippen LogP contribution in [0.15, 0.2) is 22.7 Å². The topological polar surface area (TPSA) is 12.0 Å². The molecule has 0 aliphatic rings. The van der Waals surface area contributed by atoms with Crippen LogP contribution in [0.2, 0.25) is 5.02 Å². The van der Waals surface area contributed by atoms with Gasteiger partial charge in [0.05, 0.1) is 5.02 Å². The summed E-state index contributed by atoms with van der Waals surface area (Å²) in [6.07, 6.45) is 7.16. The summed E-state index contributed by atoms with van der Waals surface area (Å²) in [7, 11) is 0. The van der Waals surface area contributed by atoms with Crippen LogP contribution in [0.1, 0.15) is 31.4 Å². The molecule has 1 aromatic rings. The van der Waals surface area contributed by atoms with E-state index in [9.17, 15) is 0 Å². The first-order valence-electron chi connectivity index (χ1n) is 5.30. The summed E-state index contributed by atoms with van der Waals surface area (Å²) in [5.74, 6) is 2.70. The van der Waals surface area contributed by atoms with Gasteiger partial charge in [0.15, 0.2) is 0 Å². The lowest BCUT2D eigenvalue weighted by Crippen LogP contribution is -2.21. The van der Waals surface area contributed by atoms with Crippen LogP contribution in [0, 0.1) is 12.3 Å². The Morgan fingerprint density at radius 3 is 2.88 bits per heavy atom. The molecule has 86 valence electrons. The van der Waals surface area contributed by atoms with Crippen molar-refractivity contribution >= 4 is 27.5 Å². The molecule has 0 saturated carbocycles. The maximum absolute atomic E-state index is 5.96. The first kappa shape index (κ1) is 13.6. The Labute approximate surface area is 111 Å². The summed E-state index contributed by atoms with van der Waals surface area (Å²) in [6, 6.07) is 6.13. The van der Waals surface area contributed by atoms with E-state index >= 15 is 0 Å². The summed E-state index contributed by atoms with van der Waals surface area (Å²) in [5.41, 5.74) is 1.17. The van der Waals surface area contributed by atoms with E-state index in [1.807, 2.05) is 18.2 Å². The van der Waals surface area contributed by atoms with Gasteiger partial charge in [-0.05, 0) is 46.6 Å². The highest BCUT2D eigenvalue weighted by molar-refractivity contribution is 9.10. The first-order valence-corrected chi connectivity index (χ1v) is 6.48. The molecule has 3 heteroatoms. The summed E-state index contributed by atoms with van der Waals surface area (Å²) in [5, 5.41) is 4.15. The molecule has 0 aliphatic carbocycles. The van der Waals surface area contributed by atoms with Crippen molar-refractivity contribution in [3.63, 3.8) is 0 Å². The van der Waals surface area contributed by atoms with Gasteiger partial charge in [-0.15, -0.1) is 12.3 Å². The highest BCUT2D eigenvalue weighted by Crippen LogP contribution is 2.27. The second-order valence-electron chi connectivity index (χ2n) is 3.59. The molecule has 0 aliphatic heterocycles. The van der Waals surface area contributed by atoms with Crippen LogP contribution in [0.3, 0.4) is 0 Å². The van der Waals surface area contributed by atoms with Crippen LogP contribution < -0.4 is 5.32 Å². The molecule has 0 saturated heterocycles. The Morgan fingerprint density at radius 1 is 1.56 bits per heavy atom. The van der Waals surface area contributed by atoms with E-state index in [0.29, 0.717) is 6.42 Å². The minimum atomic E-state index is 0.207. The molecule has 0 amide bonds. The molecule has 0 fully saturated rings. The second-order valence-corrected chi connectivity index (χ2v) is 4.85. The SMILES string of the molecule is C#CCC(NCCC)c1ccc(Cl)c(Br)c1. The monoisotopic (exact) mass is 299 g/mol. The molecule has 1 atom stereocenters. The fourth-order valence-corrected chi connectivity index (χ4v) is 1.99. The number of rotatable bonds is 5. The van der Waals surface area contributed by atoms with Gasteiger partial charge in [-0.25, -0.2) is 0 Å². The van der Waals surface area contributed by atoms with Gasteiger partial charge in [0.1, 0.15) is 0 Å². The Balaban J connectivity index is 2.84. The molecule has 1 aromatic carbocycles. The van der Waals surface area contributed by atoms with Crippen molar-refractivity contribution < 1.29 is 0 Å². The molecule has 0 bridgehead atoms. The largest absolute Gasteiger partial charge is 0.309 e. The number of nitrogens with one attached hydrogen (secondary N) is 1. The number of hydrogen-bond donors (Lipinski definition) is 1. The molecule has 1 unspecified atom stereocenters. The van der Waals surface area contributed by atoms with E-state index in [4.69, 9.17) is 18.0 Å². The number of benzene rings is 1. The highest BCUT2D eigenvalue weighted by Gasteiger charge is 2.10. The maximum Gasteiger partial charge on any atom is 0.0548 e. The van der Waals surface area contributed by atoms with E-state index in [0.717, 1.165) is 22.5 Å². The van der Waals surface area contributed by atoms with Crippen LogP contribution >= 0.6 is 27.5 Å². The zero-order chi connectivity index (χ0) is 12.0. The van der Waals surface area contributed by atoms with Gasteiger partial charge in [-0.3, -0.25) is 0 Å². The molecule has 0 aromatic heterocycles. The Morgan fingerprint density at radius 2 is 2.31 bits per heavy atom. The normalized spacial score (nSPS) is 12.1. The van der Waals surface area contributed by atoms with Crippen LogP contribution in [0.4, 0.5) is 0 Å². The Bertz CT molecular complexity index is 384. The summed E-state index contributed by atoms with van der Waals surface area (Å²) in [6.45, 7) is 3.10. The molecule has 0 spiro atoms. The molecular weight excluding hydrogens is 286 g/mol. The van der Waals surface area contributed by atoms with Crippen LogP contribution in [0.25, 0.3) is 0 Å². The van der Waals surface area contributed by atoms with Crippen molar-refractivity contribution in [2.75, 3.05) is 6.54 Å². The zero-order valence-corrected chi connectivity index (χ0v) is 11.6. The average Bonchev–Trinajstić information content (AvgIpc) is 2.28. The number of hydrogen-bond acceptors (Lipinski definition) is 1. The van der Waals surface area contributed by atoms with Gasteiger partial charge in [-0.1, -0.05) is 24.6 Å². The van der Waals surface area contributed by atoms with Crippen molar-refractivity contribution in [1.82, 2.24) is 5.32 Å². The number of terminal acetylenes is 1. The van der Waals surface area contributed by atoms with Gasteiger partial charge in [0.25, 0.3) is 0 Å². The minimum absolute atomic E-state index is 0.207. The van der Waals surface area contributed by atoms with Crippen LogP contribution in [-0.4, -0.2) is 6.54 Å². The Hall–Kier alpha value is -0.490. The summed E-state index contributed by atoms with van der Waals surface area (Å²) >= 11 is 9.38. The third-order valence-corrected chi connectivity index (χ3v) is 3.52. The van der Waals surface area contributed by atoms with E-state index in [1.165, 1.54) is 5.56 Å². The predicted molar refractivity (Wildman–Crippen MR) is 73.6 cm³/mol. The van der Waals surface area contributed by atoms with E-state index < -0.39 is 0 Å². The van der Waals surface area contributed by atoms with Gasteiger partial charge in [-0.2, -0.15) is 0 Å². The molecule has 16 heavy (non-hydrogen) atoms. The van der Waals surface area contributed by atoms with Gasteiger partial charge in [0, 0.05) is 16.9 Å². The van der Waals surface area contributed by atoms with Crippen molar-refractivity contribution in [1.29, 1.82) is 0 Å². The lowest BCUT2D eigenvalue weighted by molar-refractivity contribution is 0.542. The molecule has 1 N–H and O–H groups in total. The fraction of sp³-hybridized carbons (Fsp3) is 0.385. The highest BCUT2D eigenvalue weighted by atomic mass is 79.9.